The van der Waals surface area contributed by atoms with Gasteiger partial charge in [0, 0.05) is 0 Å². The predicted octanol–water partition coefficient (Wildman–Crippen LogP) is 5.85. The number of benzene rings is 3. The molecule has 1 amide bonds. The van der Waals surface area contributed by atoms with Crippen LogP contribution in [0.5, 0.6) is 28.7 Å². The molecule has 1 N–H and O–H groups in total. The van der Waals surface area contributed by atoms with Crippen molar-refractivity contribution in [2.24, 2.45) is 10.1 Å². The number of halogens is 1. The van der Waals surface area contributed by atoms with Crippen molar-refractivity contribution < 1.29 is 28.5 Å². The fraction of sp³-hybridized carbons (Fsp3) is 0.200. The smallest absolute Gasteiger partial charge is 0.283 e. The SMILES string of the molecule is CCOc1cc(/C=C2/C(=N)N3N=C(COc4ccccc4)SC3=NC2=O)cc(I)c1OCCOc1ccc(OC)cc1. The Kier molecular flexibility index (Phi) is 9.64. The Balaban J connectivity index is 1.27. The first kappa shape index (κ1) is 29.5. The lowest BCUT2D eigenvalue weighted by Crippen LogP contribution is -2.35. The Bertz CT molecular complexity index is 1560. The van der Waals surface area contributed by atoms with Gasteiger partial charge in [0.05, 0.1) is 22.9 Å². The van der Waals surface area contributed by atoms with Gasteiger partial charge in [0.15, 0.2) is 17.3 Å². The van der Waals surface area contributed by atoms with Crippen LogP contribution in [0.3, 0.4) is 0 Å². The van der Waals surface area contributed by atoms with Gasteiger partial charge in [0.1, 0.15) is 42.1 Å². The fourth-order valence-corrected chi connectivity index (χ4v) is 5.55. The second kappa shape index (κ2) is 13.7. The summed E-state index contributed by atoms with van der Waals surface area (Å²) in [7, 11) is 1.62. The molecule has 2 heterocycles. The van der Waals surface area contributed by atoms with Gasteiger partial charge in [-0.25, -0.2) is 0 Å². The number of hydrogen-bond donors (Lipinski definition) is 1. The molecule has 0 bridgehead atoms. The van der Waals surface area contributed by atoms with E-state index in [-0.39, 0.29) is 18.0 Å². The van der Waals surface area contributed by atoms with Crippen molar-refractivity contribution in [1.29, 1.82) is 5.41 Å². The van der Waals surface area contributed by atoms with Gasteiger partial charge in [0.25, 0.3) is 5.91 Å². The van der Waals surface area contributed by atoms with E-state index in [1.54, 1.807) is 19.3 Å². The zero-order chi connectivity index (χ0) is 29.5. The molecule has 10 nitrogen and oxygen atoms in total. The summed E-state index contributed by atoms with van der Waals surface area (Å²) in [5.41, 5.74) is 0.785. The standard InChI is InChI=1S/C30H27IN4O6S/c1-3-38-25-17-19(16-24(31)27(25)40-14-13-39-22-11-9-20(37-2)10-12-22)15-23-28(32)35-30(33-29(23)36)42-26(34-35)18-41-21-7-5-4-6-8-21/h4-12,15-17,32H,3,13-14,18H2,1-2H3/b23-15-,32-28?. The Morgan fingerprint density at radius 3 is 2.40 bits per heavy atom. The van der Waals surface area contributed by atoms with E-state index in [1.165, 1.54) is 16.8 Å². The van der Waals surface area contributed by atoms with Crippen LogP contribution in [0.15, 0.2) is 82.4 Å². The fourth-order valence-electron chi connectivity index (χ4n) is 3.97. The van der Waals surface area contributed by atoms with E-state index in [9.17, 15) is 4.79 Å². The summed E-state index contributed by atoms with van der Waals surface area (Å²) >= 11 is 3.37. The number of rotatable bonds is 12. The first-order valence-electron chi connectivity index (χ1n) is 13.0. The molecule has 3 aromatic rings. The van der Waals surface area contributed by atoms with Gasteiger partial charge in [0.2, 0.25) is 5.17 Å². The van der Waals surface area contributed by atoms with E-state index in [0.29, 0.717) is 58.6 Å². The summed E-state index contributed by atoms with van der Waals surface area (Å²) in [6, 6.07) is 20.3. The lowest BCUT2D eigenvalue weighted by Gasteiger charge is -2.20. The number of fused-ring (bicyclic) bond motifs is 1. The van der Waals surface area contributed by atoms with Gasteiger partial charge in [-0.15, -0.1) is 0 Å². The van der Waals surface area contributed by atoms with Gasteiger partial charge in [-0.3, -0.25) is 10.2 Å². The van der Waals surface area contributed by atoms with Crippen LogP contribution in [0.1, 0.15) is 12.5 Å². The van der Waals surface area contributed by atoms with Gasteiger partial charge in [-0.1, -0.05) is 18.2 Å². The maximum absolute atomic E-state index is 12.9. The van der Waals surface area contributed by atoms with E-state index >= 15 is 0 Å². The molecule has 0 spiro atoms. The summed E-state index contributed by atoms with van der Waals surface area (Å²) in [4.78, 5) is 17.1. The minimum absolute atomic E-state index is 0.0591. The number of carbonyl (C=O) groups is 1. The highest BCUT2D eigenvalue weighted by atomic mass is 127. The van der Waals surface area contributed by atoms with E-state index in [1.807, 2.05) is 67.6 Å². The van der Waals surface area contributed by atoms with Crippen molar-refractivity contribution in [3.8, 4) is 28.7 Å². The van der Waals surface area contributed by atoms with Crippen LogP contribution in [0.2, 0.25) is 0 Å². The molecule has 0 saturated heterocycles. The molecule has 0 atom stereocenters. The highest BCUT2D eigenvalue weighted by Gasteiger charge is 2.36. The van der Waals surface area contributed by atoms with Crippen molar-refractivity contribution >= 4 is 62.4 Å². The first-order valence-corrected chi connectivity index (χ1v) is 14.9. The van der Waals surface area contributed by atoms with Gasteiger partial charge < -0.3 is 23.7 Å². The van der Waals surface area contributed by atoms with Crippen LogP contribution in [0.4, 0.5) is 0 Å². The zero-order valence-corrected chi connectivity index (χ0v) is 25.8. The molecule has 0 radical (unpaired) electrons. The molecule has 42 heavy (non-hydrogen) atoms. The number of nitrogens with one attached hydrogen (secondary N) is 1. The molecule has 0 aromatic heterocycles. The lowest BCUT2D eigenvalue weighted by atomic mass is 10.1. The second-order valence-corrected chi connectivity index (χ2v) is 11.0. The number of thioether (sulfide) groups is 1. The van der Waals surface area contributed by atoms with Crippen molar-refractivity contribution in [3.63, 3.8) is 0 Å². The van der Waals surface area contributed by atoms with Crippen LogP contribution < -0.4 is 23.7 Å². The first-order chi connectivity index (χ1) is 20.4. The Labute approximate surface area is 261 Å². The minimum Gasteiger partial charge on any atom is -0.497 e. The van der Waals surface area contributed by atoms with Crippen LogP contribution >= 0.6 is 34.4 Å². The number of ether oxygens (including phenoxy) is 5. The topological polar surface area (TPSA) is 115 Å². The average molecular weight is 699 g/mol. The molecular weight excluding hydrogens is 671 g/mol. The summed E-state index contributed by atoms with van der Waals surface area (Å²) in [5.74, 6) is 2.70. The molecule has 12 heteroatoms. The number of amides is 1. The largest absolute Gasteiger partial charge is 0.497 e. The zero-order valence-electron chi connectivity index (χ0n) is 22.8. The molecule has 2 aliphatic rings. The van der Waals surface area contributed by atoms with Crippen LogP contribution in [0.25, 0.3) is 6.08 Å². The number of aliphatic imine (C=N–C) groups is 1. The predicted molar refractivity (Wildman–Crippen MR) is 171 cm³/mol. The van der Waals surface area contributed by atoms with E-state index in [0.717, 1.165) is 9.32 Å². The number of hydrazone groups is 1. The summed E-state index contributed by atoms with van der Waals surface area (Å²) in [6.45, 7) is 3.13. The van der Waals surface area contributed by atoms with E-state index in [4.69, 9.17) is 29.1 Å². The molecule has 0 unspecified atom stereocenters. The highest BCUT2D eigenvalue weighted by Crippen LogP contribution is 2.36. The third-order valence-electron chi connectivity index (χ3n) is 5.90. The van der Waals surface area contributed by atoms with Crippen LogP contribution in [-0.2, 0) is 4.79 Å². The Morgan fingerprint density at radius 2 is 1.67 bits per heavy atom. The summed E-state index contributed by atoms with van der Waals surface area (Å²) in [6.07, 6.45) is 1.62. The quantitative estimate of drug-likeness (QED) is 0.142. The average Bonchev–Trinajstić information content (AvgIpc) is 3.41. The van der Waals surface area contributed by atoms with Crippen molar-refractivity contribution in [2.45, 2.75) is 6.92 Å². The number of amidine groups is 2. The second-order valence-electron chi connectivity index (χ2n) is 8.75. The molecule has 216 valence electrons. The Hall–Kier alpha value is -4.04. The van der Waals surface area contributed by atoms with Crippen molar-refractivity contribution in [2.75, 3.05) is 33.5 Å². The molecule has 5 rings (SSSR count). The molecule has 3 aromatic carbocycles. The van der Waals surface area contributed by atoms with Crippen molar-refractivity contribution in [1.82, 2.24) is 5.01 Å². The molecule has 0 aliphatic carbocycles. The number of hydrogen-bond acceptors (Lipinski definition) is 9. The Morgan fingerprint density at radius 1 is 0.952 bits per heavy atom. The van der Waals surface area contributed by atoms with Crippen LogP contribution in [0, 0.1) is 8.98 Å². The normalized spacial score (nSPS) is 15.2. The maximum Gasteiger partial charge on any atom is 0.283 e. The summed E-state index contributed by atoms with van der Waals surface area (Å²) in [5, 5.41) is 15.4. The van der Waals surface area contributed by atoms with Gasteiger partial charge >= 0.3 is 0 Å². The maximum atomic E-state index is 12.9. The van der Waals surface area contributed by atoms with Gasteiger partial charge in [-0.2, -0.15) is 15.1 Å². The number of para-hydroxylation sites is 1. The monoisotopic (exact) mass is 698 g/mol. The lowest BCUT2D eigenvalue weighted by molar-refractivity contribution is -0.114. The number of nitrogens with zero attached hydrogens (tertiary/aromatic N) is 3. The van der Waals surface area contributed by atoms with Crippen molar-refractivity contribution in [3.05, 3.63) is 81.4 Å². The molecular formula is C30H27IN4O6S. The summed E-state index contributed by atoms with van der Waals surface area (Å²) < 4.78 is 29.4. The number of methoxy groups -OCH3 is 1. The highest BCUT2D eigenvalue weighted by molar-refractivity contribution is 14.1. The van der Waals surface area contributed by atoms with Crippen LogP contribution in [-0.4, -0.2) is 60.5 Å². The molecule has 0 saturated carbocycles. The third-order valence-corrected chi connectivity index (χ3v) is 7.59. The van der Waals surface area contributed by atoms with E-state index < -0.39 is 5.91 Å². The van der Waals surface area contributed by atoms with E-state index in [2.05, 4.69) is 32.7 Å². The number of carbonyl (C=O) groups excluding carboxylic acids is 1. The minimum atomic E-state index is -0.511. The molecule has 2 aliphatic heterocycles. The third kappa shape index (κ3) is 7.05. The molecule has 0 fully saturated rings. The van der Waals surface area contributed by atoms with Gasteiger partial charge in [-0.05, 0) is 101 Å².